The highest BCUT2D eigenvalue weighted by molar-refractivity contribution is 6.33. The van der Waals surface area contributed by atoms with Gasteiger partial charge in [-0.3, -0.25) is 4.79 Å². The summed E-state index contributed by atoms with van der Waals surface area (Å²) in [5.41, 5.74) is 1.43. The minimum Gasteiger partial charge on any atom is -0.466 e. The van der Waals surface area contributed by atoms with Crippen LogP contribution in [0, 0.1) is 12.8 Å². The SMILES string of the molecule is CCOC(=O)[C@H](C)[C@H](C)NC(=O)Nc1c(C)cccc1Cl. The molecular weight excluding hydrogens is 292 g/mol. The fourth-order valence-corrected chi connectivity index (χ4v) is 2.02. The van der Waals surface area contributed by atoms with Gasteiger partial charge in [0.15, 0.2) is 0 Å². The number of para-hydroxylation sites is 1. The predicted octanol–water partition coefficient (Wildman–Crippen LogP) is 3.36. The summed E-state index contributed by atoms with van der Waals surface area (Å²) < 4.78 is 4.93. The molecule has 0 aliphatic rings. The lowest BCUT2D eigenvalue weighted by molar-refractivity contribution is -0.148. The summed E-state index contributed by atoms with van der Waals surface area (Å²) in [6.45, 7) is 7.38. The number of halogens is 1. The third kappa shape index (κ3) is 4.93. The molecule has 2 N–H and O–H groups in total. The largest absolute Gasteiger partial charge is 0.466 e. The second-order valence-electron chi connectivity index (χ2n) is 4.86. The van der Waals surface area contributed by atoms with Crippen LogP contribution in [0.25, 0.3) is 0 Å². The normalized spacial score (nSPS) is 13.2. The summed E-state index contributed by atoms with van der Waals surface area (Å²) in [4.78, 5) is 23.6. The molecule has 2 atom stereocenters. The van der Waals surface area contributed by atoms with E-state index in [9.17, 15) is 9.59 Å². The van der Waals surface area contributed by atoms with Crippen molar-refractivity contribution in [2.24, 2.45) is 5.92 Å². The van der Waals surface area contributed by atoms with E-state index < -0.39 is 11.9 Å². The van der Waals surface area contributed by atoms with Crippen LogP contribution < -0.4 is 10.6 Å². The highest BCUT2D eigenvalue weighted by Gasteiger charge is 2.23. The van der Waals surface area contributed by atoms with E-state index in [0.717, 1.165) is 5.56 Å². The lowest BCUT2D eigenvalue weighted by atomic mass is 10.0. The molecule has 0 saturated carbocycles. The zero-order valence-corrected chi connectivity index (χ0v) is 13.5. The number of benzene rings is 1. The number of anilines is 1. The number of urea groups is 1. The average molecular weight is 313 g/mol. The first kappa shape index (κ1) is 17.3. The molecule has 6 heteroatoms. The molecule has 0 heterocycles. The van der Waals surface area contributed by atoms with E-state index in [4.69, 9.17) is 16.3 Å². The Morgan fingerprint density at radius 2 is 2.00 bits per heavy atom. The number of amides is 2. The van der Waals surface area contributed by atoms with Crippen LogP contribution in [0.2, 0.25) is 5.02 Å². The summed E-state index contributed by atoms with van der Waals surface area (Å²) in [5, 5.41) is 5.88. The summed E-state index contributed by atoms with van der Waals surface area (Å²) in [7, 11) is 0. The lowest BCUT2D eigenvalue weighted by Gasteiger charge is -2.20. The number of aryl methyl sites for hydroxylation is 1. The van der Waals surface area contributed by atoms with Crippen LogP contribution in [0.15, 0.2) is 18.2 Å². The molecular formula is C15H21ClN2O3. The number of esters is 1. The maximum atomic E-state index is 12.0. The molecule has 0 radical (unpaired) electrons. The van der Waals surface area contributed by atoms with Crippen molar-refractivity contribution in [3.05, 3.63) is 28.8 Å². The van der Waals surface area contributed by atoms with Gasteiger partial charge in [0.05, 0.1) is 23.2 Å². The van der Waals surface area contributed by atoms with E-state index in [1.165, 1.54) is 0 Å². The van der Waals surface area contributed by atoms with E-state index in [1.807, 2.05) is 19.1 Å². The van der Waals surface area contributed by atoms with Gasteiger partial charge in [0, 0.05) is 6.04 Å². The van der Waals surface area contributed by atoms with Gasteiger partial charge in [0.25, 0.3) is 0 Å². The third-order valence-electron chi connectivity index (χ3n) is 3.23. The van der Waals surface area contributed by atoms with Crippen LogP contribution in [0.5, 0.6) is 0 Å². The van der Waals surface area contributed by atoms with E-state index in [1.54, 1.807) is 26.8 Å². The first-order chi connectivity index (χ1) is 9.86. The Balaban J connectivity index is 2.63. The van der Waals surface area contributed by atoms with Crippen LogP contribution in [0.1, 0.15) is 26.3 Å². The second-order valence-corrected chi connectivity index (χ2v) is 5.27. The number of carbonyl (C=O) groups is 2. The van der Waals surface area contributed by atoms with Gasteiger partial charge in [0.2, 0.25) is 0 Å². The van der Waals surface area contributed by atoms with Crippen molar-refractivity contribution in [2.45, 2.75) is 33.7 Å². The van der Waals surface area contributed by atoms with Gasteiger partial charge in [-0.05, 0) is 39.3 Å². The van der Waals surface area contributed by atoms with Crippen molar-refractivity contribution in [3.8, 4) is 0 Å². The van der Waals surface area contributed by atoms with E-state index >= 15 is 0 Å². The quantitative estimate of drug-likeness (QED) is 0.819. The number of hydrogen-bond donors (Lipinski definition) is 2. The molecule has 116 valence electrons. The molecule has 21 heavy (non-hydrogen) atoms. The molecule has 5 nitrogen and oxygen atoms in total. The summed E-state index contributed by atoms with van der Waals surface area (Å²) in [6.07, 6.45) is 0. The van der Waals surface area contributed by atoms with Crippen LogP contribution in [0.4, 0.5) is 10.5 Å². The molecule has 0 unspecified atom stereocenters. The molecule has 0 spiro atoms. The molecule has 1 rings (SSSR count). The Morgan fingerprint density at radius 3 is 2.57 bits per heavy atom. The van der Waals surface area contributed by atoms with Crippen LogP contribution in [0.3, 0.4) is 0 Å². The number of nitrogens with one attached hydrogen (secondary N) is 2. The van der Waals surface area contributed by atoms with Gasteiger partial charge in [0.1, 0.15) is 0 Å². The standard InChI is InChI=1S/C15H21ClN2O3/c1-5-21-14(19)10(3)11(4)17-15(20)18-13-9(2)7-6-8-12(13)16/h6-8,10-11H,5H2,1-4H3,(H2,17,18,20)/t10-,11+/m1/s1. The van der Waals surface area contributed by atoms with Crippen LogP contribution in [-0.2, 0) is 9.53 Å². The average Bonchev–Trinajstić information content (AvgIpc) is 2.42. The smallest absolute Gasteiger partial charge is 0.319 e. The number of rotatable bonds is 5. The Bertz CT molecular complexity index is 499. The van der Waals surface area contributed by atoms with Gasteiger partial charge in [-0.1, -0.05) is 23.7 Å². The monoisotopic (exact) mass is 312 g/mol. The predicted molar refractivity (Wildman–Crippen MR) is 83.6 cm³/mol. The molecule has 0 saturated heterocycles. The first-order valence-electron chi connectivity index (χ1n) is 6.86. The topological polar surface area (TPSA) is 67.4 Å². The number of hydrogen-bond acceptors (Lipinski definition) is 3. The zero-order chi connectivity index (χ0) is 16.0. The fraction of sp³-hybridized carbons (Fsp3) is 0.467. The molecule has 1 aromatic rings. The van der Waals surface area contributed by atoms with Crippen molar-refractivity contribution < 1.29 is 14.3 Å². The maximum Gasteiger partial charge on any atom is 0.319 e. The van der Waals surface area contributed by atoms with E-state index in [0.29, 0.717) is 17.3 Å². The van der Waals surface area contributed by atoms with E-state index in [2.05, 4.69) is 10.6 Å². The summed E-state index contributed by atoms with van der Waals surface area (Å²) in [5.74, 6) is -0.762. The number of carbonyl (C=O) groups excluding carboxylic acids is 2. The van der Waals surface area contributed by atoms with Crippen molar-refractivity contribution in [2.75, 3.05) is 11.9 Å². The molecule has 0 aliphatic carbocycles. The minimum absolute atomic E-state index is 0.320. The highest BCUT2D eigenvalue weighted by Crippen LogP contribution is 2.25. The molecule has 2 amide bonds. The van der Waals surface area contributed by atoms with Gasteiger partial charge in [-0.2, -0.15) is 0 Å². The van der Waals surface area contributed by atoms with Crippen molar-refractivity contribution in [3.63, 3.8) is 0 Å². The van der Waals surface area contributed by atoms with Crippen molar-refractivity contribution in [1.82, 2.24) is 5.32 Å². The highest BCUT2D eigenvalue weighted by atomic mass is 35.5. The van der Waals surface area contributed by atoms with E-state index in [-0.39, 0.29) is 12.0 Å². The summed E-state index contributed by atoms with van der Waals surface area (Å²) >= 11 is 6.05. The van der Waals surface area contributed by atoms with Gasteiger partial charge in [-0.25, -0.2) is 4.79 Å². The molecule has 0 aromatic heterocycles. The molecule has 0 bridgehead atoms. The minimum atomic E-state index is -0.428. The van der Waals surface area contributed by atoms with Crippen molar-refractivity contribution >= 4 is 29.3 Å². The zero-order valence-electron chi connectivity index (χ0n) is 12.7. The van der Waals surface area contributed by atoms with Crippen molar-refractivity contribution in [1.29, 1.82) is 0 Å². The first-order valence-corrected chi connectivity index (χ1v) is 7.23. The van der Waals surface area contributed by atoms with Gasteiger partial charge in [-0.15, -0.1) is 0 Å². The Hall–Kier alpha value is -1.75. The number of ether oxygens (including phenoxy) is 1. The van der Waals surface area contributed by atoms with Crippen LogP contribution >= 0.6 is 11.6 Å². The van der Waals surface area contributed by atoms with Gasteiger partial charge < -0.3 is 15.4 Å². The molecule has 1 aromatic carbocycles. The Morgan fingerprint density at radius 1 is 1.33 bits per heavy atom. The third-order valence-corrected chi connectivity index (χ3v) is 3.54. The Kier molecular flexibility index (Phi) is 6.49. The fourth-order valence-electron chi connectivity index (χ4n) is 1.75. The second kappa shape index (κ2) is 7.88. The van der Waals surface area contributed by atoms with Gasteiger partial charge >= 0.3 is 12.0 Å². The Labute approximate surface area is 130 Å². The summed E-state index contributed by atoms with van der Waals surface area (Å²) in [6, 6.07) is 4.61. The van der Waals surface area contributed by atoms with Crippen LogP contribution in [-0.4, -0.2) is 24.6 Å². The lowest BCUT2D eigenvalue weighted by Crippen LogP contribution is -2.42. The maximum absolute atomic E-state index is 12.0. The molecule has 0 aliphatic heterocycles. The molecule has 0 fully saturated rings.